The van der Waals surface area contributed by atoms with Crippen molar-refractivity contribution in [3.63, 3.8) is 0 Å². The second-order valence-electron chi connectivity index (χ2n) is 8.97. The second-order valence-corrected chi connectivity index (χ2v) is 10.7. The summed E-state index contributed by atoms with van der Waals surface area (Å²) < 4.78 is 0. The molecular formula is C25H28ClN3O2S. The Morgan fingerprint density at radius 1 is 1.19 bits per heavy atom. The van der Waals surface area contributed by atoms with Gasteiger partial charge in [0.05, 0.1) is 12.2 Å². The maximum Gasteiger partial charge on any atom is 0.319 e. The molecule has 2 heterocycles. The average Bonchev–Trinajstić information content (AvgIpc) is 3.32. The Balaban J connectivity index is 1.50. The van der Waals surface area contributed by atoms with Crippen molar-refractivity contribution in [1.82, 2.24) is 10.2 Å². The van der Waals surface area contributed by atoms with Crippen LogP contribution in [0.4, 0.5) is 10.5 Å². The van der Waals surface area contributed by atoms with Gasteiger partial charge in [-0.3, -0.25) is 9.69 Å². The van der Waals surface area contributed by atoms with E-state index in [1.54, 1.807) is 16.7 Å². The fourth-order valence-corrected chi connectivity index (χ4v) is 6.86. The van der Waals surface area contributed by atoms with Crippen molar-refractivity contribution in [3.8, 4) is 0 Å². The summed E-state index contributed by atoms with van der Waals surface area (Å²) in [5.74, 6) is 0.659. The molecule has 5 nitrogen and oxygen atoms in total. The van der Waals surface area contributed by atoms with Gasteiger partial charge in [-0.1, -0.05) is 60.7 Å². The lowest BCUT2D eigenvalue weighted by molar-refractivity contribution is -0.123. The lowest BCUT2D eigenvalue weighted by Crippen LogP contribution is -2.55. The molecule has 5 rings (SSSR count). The van der Waals surface area contributed by atoms with E-state index in [4.69, 9.17) is 11.6 Å². The van der Waals surface area contributed by atoms with Crippen LogP contribution in [0.15, 0.2) is 42.5 Å². The first-order chi connectivity index (χ1) is 15.5. The number of halogens is 1. The quantitative estimate of drug-likeness (QED) is 0.651. The van der Waals surface area contributed by atoms with Crippen LogP contribution in [0.5, 0.6) is 0 Å². The highest BCUT2D eigenvalue weighted by atomic mass is 35.5. The van der Waals surface area contributed by atoms with Gasteiger partial charge in [0.15, 0.2) is 4.87 Å². The van der Waals surface area contributed by atoms with Crippen molar-refractivity contribution in [2.24, 2.45) is 0 Å². The first-order valence-electron chi connectivity index (χ1n) is 11.4. The smallest absolute Gasteiger partial charge is 0.319 e. The van der Waals surface area contributed by atoms with Gasteiger partial charge < -0.3 is 10.2 Å². The zero-order chi connectivity index (χ0) is 22.3. The van der Waals surface area contributed by atoms with Crippen LogP contribution in [-0.2, 0) is 16.2 Å². The van der Waals surface area contributed by atoms with Crippen molar-refractivity contribution in [2.75, 3.05) is 17.2 Å². The number of aryl methyl sites for hydroxylation is 1. The molecule has 1 N–H and O–H groups in total. The van der Waals surface area contributed by atoms with Gasteiger partial charge >= 0.3 is 6.03 Å². The number of thioether (sulfide) groups is 1. The fraction of sp³-hybridized carbons (Fsp3) is 0.440. The van der Waals surface area contributed by atoms with Crippen LogP contribution in [0.25, 0.3) is 0 Å². The van der Waals surface area contributed by atoms with Crippen LogP contribution >= 0.6 is 23.4 Å². The molecule has 0 aromatic heterocycles. The third kappa shape index (κ3) is 3.67. The van der Waals surface area contributed by atoms with Crippen LogP contribution in [-0.4, -0.2) is 35.2 Å². The van der Waals surface area contributed by atoms with Gasteiger partial charge in [0.2, 0.25) is 0 Å². The number of urea groups is 1. The molecule has 32 heavy (non-hydrogen) atoms. The Bertz CT molecular complexity index is 1060. The third-order valence-electron chi connectivity index (χ3n) is 6.76. The molecule has 2 aromatic rings. The standard InChI is InChI=1S/C25H28ClN3O2S/c1-17-6-5-7-18(14-17)16-28-22-11-10-19(26)15-21(22)25(23(28)30)29(12-13-32-25)24(31)27-20-8-3-2-4-9-20/h5-7,10-11,14-15,20H,2-4,8-9,12-13,16H2,1H3,(H,27,31). The number of fused-ring (bicyclic) bond motifs is 2. The molecule has 0 radical (unpaired) electrons. The summed E-state index contributed by atoms with van der Waals surface area (Å²) in [6.07, 6.45) is 5.54. The molecule has 2 fully saturated rings. The van der Waals surface area contributed by atoms with Crippen LogP contribution in [0.1, 0.15) is 48.8 Å². The molecule has 1 atom stereocenters. The molecule has 1 saturated heterocycles. The van der Waals surface area contributed by atoms with E-state index in [1.807, 2.05) is 35.2 Å². The minimum atomic E-state index is -1.05. The molecule has 1 unspecified atom stereocenters. The van der Waals surface area contributed by atoms with Gasteiger partial charge in [-0.25, -0.2) is 4.79 Å². The van der Waals surface area contributed by atoms with Crippen molar-refractivity contribution < 1.29 is 9.59 Å². The highest BCUT2D eigenvalue weighted by molar-refractivity contribution is 8.01. The lowest BCUT2D eigenvalue weighted by atomic mass is 9.95. The normalized spacial score (nSPS) is 23.1. The number of nitrogens with one attached hydrogen (secondary N) is 1. The minimum Gasteiger partial charge on any atom is -0.335 e. The Morgan fingerprint density at radius 3 is 2.78 bits per heavy atom. The van der Waals surface area contributed by atoms with Crippen LogP contribution < -0.4 is 10.2 Å². The first-order valence-corrected chi connectivity index (χ1v) is 12.7. The van der Waals surface area contributed by atoms with Gasteiger partial charge in [-0.2, -0.15) is 0 Å². The molecule has 7 heteroatoms. The monoisotopic (exact) mass is 469 g/mol. The van der Waals surface area contributed by atoms with Gasteiger partial charge in [0.25, 0.3) is 5.91 Å². The summed E-state index contributed by atoms with van der Waals surface area (Å²) >= 11 is 7.93. The molecule has 1 spiro atoms. The molecule has 1 saturated carbocycles. The lowest BCUT2D eigenvalue weighted by Gasteiger charge is -2.35. The number of anilines is 1. The molecule has 168 valence electrons. The number of carbonyl (C=O) groups is 2. The van der Waals surface area contributed by atoms with Crippen LogP contribution in [0.3, 0.4) is 0 Å². The van der Waals surface area contributed by atoms with E-state index in [1.165, 1.54) is 6.42 Å². The van der Waals surface area contributed by atoms with Crippen molar-refractivity contribution >= 4 is 41.0 Å². The predicted molar refractivity (Wildman–Crippen MR) is 130 cm³/mol. The zero-order valence-corrected chi connectivity index (χ0v) is 19.8. The number of amides is 3. The van der Waals surface area contributed by atoms with E-state index in [9.17, 15) is 9.59 Å². The summed E-state index contributed by atoms with van der Waals surface area (Å²) in [4.78, 5) is 30.0. The van der Waals surface area contributed by atoms with Gasteiger partial charge in [-0.15, -0.1) is 11.8 Å². The van der Waals surface area contributed by atoms with Gasteiger partial charge in [0.1, 0.15) is 0 Å². The van der Waals surface area contributed by atoms with E-state index >= 15 is 0 Å². The number of rotatable bonds is 3. The maximum atomic E-state index is 14.0. The predicted octanol–water partition coefficient (Wildman–Crippen LogP) is 5.44. The number of nitrogens with zero attached hydrogens (tertiary/aromatic N) is 2. The highest BCUT2D eigenvalue weighted by Crippen LogP contribution is 2.55. The van der Waals surface area contributed by atoms with E-state index in [0.717, 1.165) is 48.1 Å². The van der Waals surface area contributed by atoms with Gasteiger partial charge in [-0.05, 0) is 43.5 Å². The van der Waals surface area contributed by atoms with Crippen molar-refractivity contribution in [1.29, 1.82) is 0 Å². The maximum absolute atomic E-state index is 14.0. The Labute approximate surface area is 198 Å². The molecule has 3 aliphatic rings. The number of hydrogen-bond acceptors (Lipinski definition) is 3. The summed E-state index contributed by atoms with van der Waals surface area (Å²) in [5.41, 5.74) is 3.89. The first kappa shape index (κ1) is 21.7. The van der Waals surface area contributed by atoms with E-state index < -0.39 is 4.87 Å². The van der Waals surface area contributed by atoms with Crippen LogP contribution in [0.2, 0.25) is 5.02 Å². The number of benzene rings is 2. The van der Waals surface area contributed by atoms with E-state index in [-0.39, 0.29) is 18.0 Å². The summed E-state index contributed by atoms with van der Waals surface area (Å²) in [5, 5.41) is 3.80. The van der Waals surface area contributed by atoms with E-state index in [2.05, 4.69) is 24.4 Å². The number of hydrogen-bond donors (Lipinski definition) is 1. The molecule has 3 amide bonds. The van der Waals surface area contributed by atoms with E-state index in [0.29, 0.717) is 23.9 Å². The highest BCUT2D eigenvalue weighted by Gasteiger charge is 2.59. The van der Waals surface area contributed by atoms with Crippen molar-refractivity contribution in [3.05, 3.63) is 64.2 Å². The molecule has 0 bridgehead atoms. The molecule has 2 aliphatic heterocycles. The largest absolute Gasteiger partial charge is 0.335 e. The fourth-order valence-electron chi connectivity index (χ4n) is 5.24. The number of carbonyl (C=O) groups excluding carboxylic acids is 2. The van der Waals surface area contributed by atoms with Gasteiger partial charge in [0, 0.05) is 28.9 Å². The third-order valence-corrected chi connectivity index (χ3v) is 8.41. The van der Waals surface area contributed by atoms with Crippen LogP contribution in [0, 0.1) is 6.92 Å². The molecule has 1 aliphatic carbocycles. The Morgan fingerprint density at radius 2 is 2.00 bits per heavy atom. The second kappa shape index (κ2) is 8.64. The Kier molecular flexibility index (Phi) is 5.84. The topological polar surface area (TPSA) is 52.7 Å². The SMILES string of the molecule is Cc1cccc(CN2C(=O)C3(SCCN3C(=O)NC3CCCCC3)c3cc(Cl)ccc32)c1. The van der Waals surface area contributed by atoms with Crippen molar-refractivity contribution in [2.45, 2.75) is 56.5 Å². The summed E-state index contributed by atoms with van der Waals surface area (Å²) in [7, 11) is 0. The average molecular weight is 470 g/mol. The summed E-state index contributed by atoms with van der Waals surface area (Å²) in [6, 6.07) is 13.9. The molecule has 2 aromatic carbocycles. The minimum absolute atomic E-state index is 0.0578. The summed E-state index contributed by atoms with van der Waals surface area (Å²) in [6.45, 7) is 3.06. The Hall–Kier alpha value is -2.18. The molecular weight excluding hydrogens is 442 g/mol. The zero-order valence-electron chi connectivity index (χ0n) is 18.3.